The molecule has 2 heterocycles. The predicted molar refractivity (Wildman–Crippen MR) is 67.1 cm³/mol. The number of nitrogens with zero attached hydrogens (tertiary/aromatic N) is 4. The maximum atomic E-state index is 12.1. The number of hydrogen-bond donors (Lipinski definition) is 0. The van der Waals surface area contributed by atoms with Gasteiger partial charge in [0.2, 0.25) is 11.7 Å². The Hall–Kier alpha value is -2.18. The highest BCUT2D eigenvalue weighted by molar-refractivity contribution is 5.94. The van der Waals surface area contributed by atoms with E-state index in [1.807, 2.05) is 13.8 Å². The van der Waals surface area contributed by atoms with Crippen molar-refractivity contribution in [2.45, 2.75) is 33.2 Å². The van der Waals surface area contributed by atoms with E-state index in [0.717, 1.165) is 10.4 Å². The number of aromatic nitrogens is 4. The maximum absolute atomic E-state index is 12.1. The smallest absolute Gasteiger partial charge is 0.392 e. The Labute approximate surface area is 109 Å². The van der Waals surface area contributed by atoms with Gasteiger partial charge >= 0.3 is 5.76 Å². The first-order valence-corrected chi connectivity index (χ1v) is 6.00. The number of aryl methyl sites for hydroxylation is 2. The van der Waals surface area contributed by atoms with Crippen molar-refractivity contribution < 1.29 is 9.21 Å². The van der Waals surface area contributed by atoms with Gasteiger partial charge < -0.3 is 4.42 Å². The zero-order chi connectivity index (χ0) is 14.2. The van der Waals surface area contributed by atoms with E-state index in [9.17, 15) is 9.59 Å². The molecule has 0 amide bonds. The molecule has 0 aliphatic heterocycles. The lowest BCUT2D eigenvalue weighted by Gasteiger charge is -2.00. The van der Waals surface area contributed by atoms with Gasteiger partial charge in [-0.05, 0) is 13.0 Å². The summed E-state index contributed by atoms with van der Waals surface area (Å²) in [4.78, 5) is 23.6. The third-order valence-electron chi connectivity index (χ3n) is 2.70. The van der Waals surface area contributed by atoms with Gasteiger partial charge in [-0.1, -0.05) is 13.8 Å². The van der Waals surface area contributed by atoms with Gasteiger partial charge in [0, 0.05) is 13.0 Å². The fourth-order valence-electron chi connectivity index (χ4n) is 1.74. The standard InChI is InChI=1S/C12H16N4O3/c1-7(2)11-14-16(12(18)19-11)6-10(17)9-5-8(3)13-15(9)4/h5,7H,6H2,1-4H3. The summed E-state index contributed by atoms with van der Waals surface area (Å²) < 4.78 is 7.50. The highest BCUT2D eigenvalue weighted by Gasteiger charge is 2.17. The van der Waals surface area contributed by atoms with Crippen LogP contribution in [0.1, 0.15) is 41.8 Å². The summed E-state index contributed by atoms with van der Waals surface area (Å²) in [5.74, 6) is -0.508. The lowest BCUT2D eigenvalue weighted by Crippen LogP contribution is -2.23. The third kappa shape index (κ3) is 2.64. The Morgan fingerprint density at radius 3 is 2.58 bits per heavy atom. The molecule has 7 heteroatoms. The average Bonchev–Trinajstić information content (AvgIpc) is 2.83. The second-order valence-corrected chi connectivity index (χ2v) is 4.74. The molecule has 0 unspecified atom stereocenters. The summed E-state index contributed by atoms with van der Waals surface area (Å²) in [6.45, 7) is 5.38. The summed E-state index contributed by atoms with van der Waals surface area (Å²) in [7, 11) is 1.69. The highest BCUT2D eigenvalue weighted by atomic mass is 16.4. The van der Waals surface area contributed by atoms with E-state index < -0.39 is 5.76 Å². The summed E-state index contributed by atoms with van der Waals surface area (Å²) in [5, 5.41) is 8.09. The lowest BCUT2D eigenvalue weighted by atomic mass is 10.2. The second kappa shape index (κ2) is 4.83. The molecular weight excluding hydrogens is 248 g/mol. The summed E-state index contributed by atoms with van der Waals surface area (Å²) in [6.07, 6.45) is 0. The van der Waals surface area contributed by atoms with Gasteiger partial charge in [-0.15, -0.1) is 5.10 Å². The fourth-order valence-corrected chi connectivity index (χ4v) is 1.74. The number of carbonyl (C=O) groups excluding carboxylic acids is 1. The van der Waals surface area contributed by atoms with Gasteiger partial charge in [0.15, 0.2) is 0 Å². The van der Waals surface area contributed by atoms with Crippen LogP contribution < -0.4 is 5.76 Å². The zero-order valence-electron chi connectivity index (χ0n) is 11.4. The molecule has 2 aromatic heterocycles. The molecule has 0 saturated heterocycles. The number of ketones is 1. The van der Waals surface area contributed by atoms with Gasteiger partial charge in [0.1, 0.15) is 12.2 Å². The van der Waals surface area contributed by atoms with Crippen molar-refractivity contribution in [2.75, 3.05) is 0 Å². The Balaban J connectivity index is 2.24. The molecule has 0 fully saturated rings. The molecule has 0 aromatic carbocycles. The topological polar surface area (TPSA) is 82.9 Å². The Kier molecular flexibility index (Phi) is 3.37. The van der Waals surface area contributed by atoms with Gasteiger partial charge in [-0.3, -0.25) is 9.48 Å². The zero-order valence-corrected chi connectivity index (χ0v) is 11.4. The largest absolute Gasteiger partial charge is 0.437 e. The predicted octanol–water partition coefficient (Wildman–Crippen LogP) is 0.885. The molecule has 2 aromatic rings. The van der Waals surface area contributed by atoms with Crippen LogP contribution in [-0.4, -0.2) is 25.3 Å². The first-order chi connectivity index (χ1) is 8.88. The lowest BCUT2D eigenvalue weighted by molar-refractivity contribution is 0.0955. The Bertz CT molecular complexity index is 663. The molecule has 2 rings (SSSR count). The summed E-state index contributed by atoms with van der Waals surface area (Å²) in [6, 6.07) is 1.68. The number of hydrogen-bond acceptors (Lipinski definition) is 5. The minimum Gasteiger partial charge on any atom is -0.392 e. The van der Waals surface area contributed by atoms with Crippen molar-refractivity contribution in [2.24, 2.45) is 7.05 Å². The van der Waals surface area contributed by atoms with Crippen molar-refractivity contribution in [1.82, 2.24) is 19.6 Å². The van der Waals surface area contributed by atoms with Crippen LogP contribution in [0.25, 0.3) is 0 Å². The van der Waals surface area contributed by atoms with Gasteiger partial charge in [-0.2, -0.15) is 9.78 Å². The summed E-state index contributed by atoms with van der Waals surface area (Å²) >= 11 is 0. The van der Waals surface area contributed by atoms with Crippen LogP contribution >= 0.6 is 0 Å². The molecule has 0 aliphatic rings. The SMILES string of the molecule is Cc1cc(C(=O)Cn2nc(C(C)C)oc2=O)n(C)n1. The van der Waals surface area contributed by atoms with Crippen LogP contribution in [0, 0.1) is 6.92 Å². The molecule has 19 heavy (non-hydrogen) atoms. The van der Waals surface area contributed by atoms with Crippen molar-refractivity contribution in [3.63, 3.8) is 0 Å². The Morgan fingerprint density at radius 2 is 2.11 bits per heavy atom. The molecule has 7 nitrogen and oxygen atoms in total. The second-order valence-electron chi connectivity index (χ2n) is 4.74. The molecule has 0 spiro atoms. The number of rotatable bonds is 4. The van der Waals surface area contributed by atoms with E-state index in [1.54, 1.807) is 20.0 Å². The molecule has 0 aliphatic carbocycles. The molecule has 0 radical (unpaired) electrons. The van der Waals surface area contributed by atoms with E-state index >= 15 is 0 Å². The Morgan fingerprint density at radius 1 is 1.42 bits per heavy atom. The minimum absolute atomic E-state index is 0.00278. The van der Waals surface area contributed by atoms with Crippen LogP contribution in [0.5, 0.6) is 0 Å². The highest BCUT2D eigenvalue weighted by Crippen LogP contribution is 2.09. The van der Waals surface area contributed by atoms with E-state index in [2.05, 4.69) is 10.2 Å². The van der Waals surface area contributed by atoms with Gasteiger partial charge in [0.05, 0.1) is 5.69 Å². The average molecular weight is 264 g/mol. The first-order valence-electron chi connectivity index (χ1n) is 6.00. The number of carbonyl (C=O) groups is 1. The van der Waals surface area contributed by atoms with Crippen LogP contribution in [0.4, 0.5) is 0 Å². The van der Waals surface area contributed by atoms with Crippen molar-refractivity contribution >= 4 is 5.78 Å². The monoisotopic (exact) mass is 264 g/mol. The minimum atomic E-state index is -0.615. The summed E-state index contributed by atoms with van der Waals surface area (Å²) in [5.41, 5.74) is 1.19. The van der Waals surface area contributed by atoms with E-state index in [0.29, 0.717) is 11.6 Å². The molecule has 102 valence electrons. The quantitative estimate of drug-likeness (QED) is 0.766. The van der Waals surface area contributed by atoms with E-state index in [1.165, 1.54) is 4.68 Å². The van der Waals surface area contributed by atoms with Gasteiger partial charge in [0.25, 0.3) is 0 Å². The van der Waals surface area contributed by atoms with Crippen molar-refractivity contribution in [3.8, 4) is 0 Å². The van der Waals surface area contributed by atoms with E-state index in [4.69, 9.17) is 4.42 Å². The molecule has 0 saturated carbocycles. The first kappa shape index (κ1) is 13.3. The van der Waals surface area contributed by atoms with Crippen LogP contribution in [0.2, 0.25) is 0 Å². The third-order valence-corrected chi connectivity index (χ3v) is 2.70. The van der Waals surface area contributed by atoms with Crippen molar-refractivity contribution in [3.05, 3.63) is 33.9 Å². The fraction of sp³-hybridized carbons (Fsp3) is 0.500. The molecular formula is C12H16N4O3. The van der Waals surface area contributed by atoms with E-state index in [-0.39, 0.29) is 18.2 Å². The normalized spacial score (nSPS) is 11.2. The van der Waals surface area contributed by atoms with Gasteiger partial charge in [-0.25, -0.2) is 4.79 Å². The molecule has 0 bridgehead atoms. The molecule has 0 atom stereocenters. The van der Waals surface area contributed by atoms with Crippen molar-refractivity contribution in [1.29, 1.82) is 0 Å². The maximum Gasteiger partial charge on any atom is 0.437 e. The van der Waals surface area contributed by atoms with Crippen LogP contribution in [0.15, 0.2) is 15.3 Å². The number of Topliss-reactive ketones (excluding diaryl/α,β-unsaturated/α-hetero) is 1. The molecule has 0 N–H and O–H groups in total. The van der Waals surface area contributed by atoms with Crippen LogP contribution in [0.3, 0.4) is 0 Å². The van der Waals surface area contributed by atoms with Crippen LogP contribution in [-0.2, 0) is 13.6 Å².